The molecule has 22 heavy (non-hydrogen) atoms. The first-order valence-corrected chi connectivity index (χ1v) is 6.85. The summed E-state index contributed by atoms with van der Waals surface area (Å²) in [6.07, 6.45) is 0.619. The van der Waals surface area contributed by atoms with E-state index in [1.165, 1.54) is 7.11 Å². The van der Waals surface area contributed by atoms with Crippen LogP contribution >= 0.6 is 0 Å². The van der Waals surface area contributed by atoms with E-state index in [1.54, 1.807) is 6.92 Å². The van der Waals surface area contributed by atoms with E-state index in [0.29, 0.717) is 6.42 Å². The van der Waals surface area contributed by atoms with Gasteiger partial charge in [-0.3, -0.25) is 9.59 Å². The normalized spacial score (nSPS) is 12.4. The highest BCUT2D eigenvalue weighted by Crippen LogP contribution is 2.09. The summed E-state index contributed by atoms with van der Waals surface area (Å²) in [6, 6.07) is 9.01. The third kappa shape index (κ3) is 8.86. The second kappa shape index (κ2) is 10.5. The van der Waals surface area contributed by atoms with Crippen molar-refractivity contribution in [2.45, 2.75) is 32.7 Å². The minimum absolute atomic E-state index is 0.114. The van der Waals surface area contributed by atoms with Crippen LogP contribution in [0.4, 0.5) is 0 Å². The number of ether oxygens (including phenoxy) is 1. The number of carbonyl (C=O) groups is 3. The number of carboxylic acid groups (broad SMARTS) is 1. The Hall–Kier alpha value is -2.21. The molecule has 1 aromatic rings. The predicted octanol–water partition coefficient (Wildman–Crippen LogP) is 0.0809. The molecule has 6 nitrogen and oxygen atoms in total. The zero-order valence-corrected chi connectivity index (χ0v) is 13.1. The fourth-order valence-corrected chi connectivity index (χ4v) is 1.72. The molecule has 0 saturated heterocycles. The Morgan fingerprint density at radius 3 is 2.18 bits per heavy atom. The SMILES string of the molecule is CC(=O)[O-].COC(=O)[C@H](C)CC(=O)[C@@H](N)Cc1ccccc1. The van der Waals surface area contributed by atoms with Crippen molar-refractivity contribution < 1.29 is 24.2 Å². The summed E-state index contributed by atoms with van der Waals surface area (Å²) in [5.41, 5.74) is 6.86. The number of Topliss-reactive ketones (excluding diaryl/α,β-unsaturated/α-hetero) is 1. The smallest absolute Gasteiger partial charge is 0.308 e. The van der Waals surface area contributed by atoms with Gasteiger partial charge in [-0.05, 0) is 18.9 Å². The summed E-state index contributed by atoms with van der Waals surface area (Å²) in [7, 11) is 1.31. The number of rotatable bonds is 6. The maximum Gasteiger partial charge on any atom is 0.308 e. The molecule has 0 amide bonds. The summed E-state index contributed by atoms with van der Waals surface area (Å²) >= 11 is 0. The van der Waals surface area contributed by atoms with Gasteiger partial charge in [-0.15, -0.1) is 0 Å². The van der Waals surface area contributed by atoms with Gasteiger partial charge in [0.15, 0.2) is 5.78 Å². The van der Waals surface area contributed by atoms with Crippen molar-refractivity contribution in [1.29, 1.82) is 0 Å². The van der Waals surface area contributed by atoms with E-state index in [-0.39, 0.29) is 18.2 Å². The Morgan fingerprint density at radius 2 is 1.73 bits per heavy atom. The standard InChI is InChI=1S/C14H19NO3.C2H4O2/c1-10(14(17)18-2)8-13(16)12(15)9-11-6-4-3-5-7-11;1-2(3)4/h3-7,10,12H,8-9,15H2,1-2H3;1H3,(H,3,4)/p-1/t10-,12+;/m1./s1. The Balaban J connectivity index is 0.000000980. The van der Waals surface area contributed by atoms with Gasteiger partial charge in [0.05, 0.1) is 19.1 Å². The highest BCUT2D eigenvalue weighted by atomic mass is 16.5. The minimum Gasteiger partial charge on any atom is -0.550 e. The molecule has 0 saturated carbocycles. The zero-order valence-electron chi connectivity index (χ0n) is 13.1. The number of esters is 1. The van der Waals surface area contributed by atoms with E-state index >= 15 is 0 Å². The quantitative estimate of drug-likeness (QED) is 0.745. The average Bonchev–Trinajstić information content (AvgIpc) is 2.46. The second-order valence-electron chi connectivity index (χ2n) is 4.88. The van der Waals surface area contributed by atoms with E-state index in [9.17, 15) is 9.59 Å². The first-order chi connectivity index (χ1) is 10.3. The van der Waals surface area contributed by atoms with Crippen LogP contribution in [0.5, 0.6) is 0 Å². The maximum absolute atomic E-state index is 11.8. The molecule has 0 heterocycles. The molecule has 1 aromatic carbocycles. The average molecular weight is 308 g/mol. The Labute approximate surface area is 130 Å². The lowest BCUT2D eigenvalue weighted by Crippen LogP contribution is -2.34. The molecule has 0 spiro atoms. The minimum atomic E-state index is -1.08. The number of ketones is 1. The van der Waals surface area contributed by atoms with Crippen molar-refractivity contribution in [1.82, 2.24) is 0 Å². The highest BCUT2D eigenvalue weighted by molar-refractivity contribution is 5.88. The molecule has 2 atom stereocenters. The topological polar surface area (TPSA) is 110 Å². The molecule has 6 heteroatoms. The summed E-state index contributed by atoms with van der Waals surface area (Å²) in [5, 5.41) is 8.89. The number of hydrogen-bond donors (Lipinski definition) is 1. The lowest BCUT2D eigenvalue weighted by molar-refractivity contribution is -0.302. The number of benzene rings is 1. The maximum atomic E-state index is 11.8. The van der Waals surface area contributed by atoms with Crippen molar-refractivity contribution in [3.05, 3.63) is 35.9 Å². The van der Waals surface area contributed by atoms with Gasteiger partial charge in [0, 0.05) is 12.4 Å². The number of carboxylic acids is 1. The fraction of sp³-hybridized carbons (Fsp3) is 0.438. The van der Waals surface area contributed by atoms with Crippen LogP contribution in [0.15, 0.2) is 30.3 Å². The molecular weight excluding hydrogens is 286 g/mol. The lowest BCUT2D eigenvalue weighted by Gasteiger charge is -2.13. The van der Waals surface area contributed by atoms with Gasteiger partial charge in [-0.1, -0.05) is 37.3 Å². The molecule has 0 unspecified atom stereocenters. The third-order valence-electron chi connectivity index (χ3n) is 2.82. The molecule has 0 bridgehead atoms. The second-order valence-corrected chi connectivity index (χ2v) is 4.88. The molecule has 2 N–H and O–H groups in total. The summed E-state index contributed by atoms with van der Waals surface area (Å²) in [5.74, 6) is -2.02. The van der Waals surface area contributed by atoms with Crippen LogP contribution in [-0.2, 0) is 25.5 Å². The van der Waals surface area contributed by atoms with Gasteiger partial charge < -0.3 is 20.4 Å². The van der Waals surface area contributed by atoms with Crippen molar-refractivity contribution in [3.63, 3.8) is 0 Å². The van der Waals surface area contributed by atoms with Crippen molar-refractivity contribution in [3.8, 4) is 0 Å². The van der Waals surface area contributed by atoms with Gasteiger partial charge >= 0.3 is 5.97 Å². The summed E-state index contributed by atoms with van der Waals surface area (Å²) in [6.45, 7) is 2.64. The molecule has 0 aromatic heterocycles. The van der Waals surface area contributed by atoms with Crippen molar-refractivity contribution in [2.24, 2.45) is 11.7 Å². The molecule has 0 aliphatic heterocycles. The highest BCUT2D eigenvalue weighted by Gasteiger charge is 2.21. The van der Waals surface area contributed by atoms with Crippen LogP contribution in [0.1, 0.15) is 25.8 Å². The molecular formula is C16H22NO5-. The van der Waals surface area contributed by atoms with Crippen LogP contribution in [0.2, 0.25) is 0 Å². The van der Waals surface area contributed by atoms with Gasteiger partial charge in [-0.2, -0.15) is 0 Å². The van der Waals surface area contributed by atoms with Crippen LogP contribution in [0.3, 0.4) is 0 Å². The molecule has 0 aliphatic rings. The van der Waals surface area contributed by atoms with Crippen molar-refractivity contribution >= 4 is 17.7 Å². The number of carbonyl (C=O) groups excluding carboxylic acids is 3. The number of hydrogen-bond acceptors (Lipinski definition) is 6. The number of methoxy groups -OCH3 is 1. The molecule has 122 valence electrons. The number of nitrogens with two attached hydrogens (primary N) is 1. The van der Waals surface area contributed by atoms with Gasteiger partial charge in [0.1, 0.15) is 0 Å². The molecule has 0 aliphatic carbocycles. The van der Waals surface area contributed by atoms with E-state index in [2.05, 4.69) is 4.74 Å². The first kappa shape index (κ1) is 19.8. The molecule has 1 rings (SSSR count). The molecule has 0 radical (unpaired) electrons. The zero-order chi connectivity index (χ0) is 17.1. The number of aliphatic carboxylic acids is 1. The largest absolute Gasteiger partial charge is 0.550 e. The first-order valence-electron chi connectivity index (χ1n) is 6.85. The van der Waals surface area contributed by atoms with Gasteiger partial charge in [0.25, 0.3) is 0 Å². The fourth-order valence-electron chi connectivity index (χ4n) is 1.72. The molecule has 0 fully saturated rings. The summed E-state index contributed by atoms with van der Waals surface area (Å²) in [4.78, 5) is 31.9. The summed E-state index contributed by atoms with van der Waals surface area (Å²) < 4.78 is 4.58. The van der Waals surface area contributed by atoms with E-state index in [4.69, 9.17) is 15.6 Å². The van der Waals surface area contributed by atoms with Crippen molar-refractivity contribution in [2.75, 3.05) is 7.11 Å². The van der Waals surface area contributed by atoms with Gasteiger partial charge in [0.2, 0.25) is 0 Å². The Bertz CT molecular complexity index is 483. The Kier molecular flexibility index (Phi) is 9.45. The van der Waals surface area contributed by atoms with E-state index in [0.717, 1.165) is 12.5 Å². The van der Waals surface area contributed by atoms with Crippen LogP contribution in [0, 0.1) is 5.92 Å². The lowest BCUT2D eigenvalue weighted by atomic mass is 9.96. The third-order valence-corrected chi connectivity index (χ3v) is 2.82. The van der Waals surface area contributed by atoms with Gasteiger partial charge in [-0.25, -0.2) is 0 Å². The van der Waals surface area contributed by atoms with E-state index < -0.39 is 17.9 Å². The Morgan fingerprint density at radius 1 is 1.23 bits per heavy atom. The van der Waals surface area contributed by atoms with Crippen LogP contribution in [-0.4, -0.2) is 30.9 Å². The van der Waals surface area contributed by atoms with Crippen LogP contribution in [0.25, 0.3) is 0 Å². The monoisotopic (exact) mass is 308 g/mol. The predicted molar refractivity (Wildman–Crippen MR) is 79.6 cm³/mol. The van der Waals surface area contributed by atoms with E-state index in [1.807, 2.05) is 30.3 Å². The van der Waals surface area contributed by atoms with Crippen LogP contribution < -0.4 is 10.8 Å².